The van der Waals surface area contributed by atoms with Crippen LogP contribution in [0.1, 0.15) is 6.92 Å². The monoisotopic (exact) mass is 229 g/mol. The molecule has 0 aliphatic carbocycles. The quantitative estimate of drug-likeness (QED) is 0.685. The molecule has 1 atom stereocenters. The Labute approximate surface area is 93.6 Å². The average Bonchev–Trinajstić information content (AvgIpc) is 2.25. The number of ether oxygens (including phenoxy) is 1. The van der Waals surface area contributed by atoms with Crippen LogP contribution >= 0.6 is 11.8 Å². The predicted octanol–water partition coefficient (Wildman–Crippen LogP) is 1.32. The molecule has 5 heteroatoms. The van der Waals surface area contributed by atoms with Gasteiger partial charge in [0, 0.05) is 18.1 Å². The Kier molecular flexibility index (Phi) is 4.68. The molecule has 0 radical (unpaired) electrons. The van der Waals surface area contributed by atoms with Gasteiger partial charge in [-0.3, -0.25) is 9.69 Å². The van der Waals surface area contributed by atoms with Crippen molar-refractivity contribution >= 4 is 23.6 Å². The molecule has 15 heavy (non-hydrogen) atoms. The molecule has 1 saturated heterocycles. The van der Waals surface area contributed by atoms with Gasteiger partial charge in [-0.1, -0.05) is 12.7 Å². The fraction of sp³-hybridized carbons (Fsp3) is 0.600. The van der Waals surface area contributed by atoms with Crippen LogP contribution in [0, 0.1) is 0 Å². The zero-order valence-corrected chi connectivity index (χ0v) is 9.59. The first-order valence-electron chi connectivity index (χ1n) is 4.79. The van der Waals surface area contributed by atoms with Crippen LogP contribution in [0.2, 0.25) is 0 Å². The van der Waals surface area contributed by atoms with E-state index < -0.39 is 6.09 Å². The van der Waals surface area contributed by atoms with Crippen LogP contribution in [0.5, 0.6) is 0 Å². The lowest BCUT2D eigenvalue weighted by atomic mass is 10.2. The fourth-order valence-corrected chi connectivity index (χ4v) is 2.50. The van der Waals surface area contributed by atoms with Gasteiger partial charge >= 0.3 is 6.09 Å². The summed E-state index contributed by atoms with van der Waals surface area (Å²) in [6.45, 7) is 5.73. The van der Waals surface area contributed by atoms with E-state index in [0.29, 0.717) is 12.3 Å². The minimum Gasteiger partial charge on any atom is -0.445 e. The Morgan fingerprint density at radius 3 is 3.00 bits per heavy atom. The number of Topliss-reactive ketones (excluding diaryl/α,β-unsaturated/α-hetero) is 1. The van der Waals surface area contributed by atoms with Crippen LogP contribution in [0.15, 0.2) is 12.7 Å². The number of ketones is 1. The van der Waals surface area contributed by atoms with Crippen molar-refractivity contribution in [3.05, 3.63) is 12.7 Å². The van der Waals surface area contributed by atoms with Crippen molar-refractivity contribution in [2.75, 3.05) is 24.7 Å². The van der Waals surface area contributed by atoms with Crippen molar-refractivity contribution in [1.82, 2.24) is 4.90 Å². The van der Waals surface area contributed by atoms with E-state index in [9.17, 15) is 9.59 Å². The number of hydrogen-bond donors (Lipinski definition) is 0. The van der Waals surface area contributed by atoms with Crippen molar-refractivity contribution in [3.63, 3.8) is 0 Å². The summed E-state index contributed by atoms with van der Waals surface area (Å²) < 4.78 is 4.92. The number of nitrogens with zero attached hydrogens (tertiary/aromatic N) is 1. The number of hydrogen-bond acceptors (Lipinski definition) is 4. The number of amides is 1. The zero-order chi connectivity index (χ0) is 11.3. The normalized spacial score (nSPS) is 20.9. The van der Waals surface area contributed by atoms with E-state index in [1.807, 2.05) is 0 Å². The first-order valence-corrected chi connectivity index (χ1v) is 5.94. The first-order chi connectivity index (χ1) is 7.16. The van der Waals surface area contributed by atoms with Crippen molar-refractivity contribution < 1.29 is 14.3 Å². The van der Waals surface area contributed by atoms with E-state index >= 15 is 0 Å². The van der Waals surface area contributed by atoms with E-state index in [-0.39, 0.29) is 18.4 Å². The zero-order valence-electron chi connectivity index (χ0n) is 8.77. The van der Waals surface area contributed by atoms with Gasteiger partial charge in [-0.05, 0) is 6.92 Å². The third-order valence-corrected chi connectivity index (χ3v) is 3.18. The Hall–Kier alpha value is -0.970. The smallest absolute Gasteiger partial charge is 0.410 e. The highest BCUT2D eigenvalue weighted by Gasteiger charge is 2.30. The van der Waals surface area contributed by atoms with E-state index in [1.165, 1.54) is 17.9 Å². The topological polar surface area (TPSA) is 46.6 Å². The lowest BCUT2D eigenvalue weighted by Crippen LogP contribution is -2.49. The van der Waals surface area contributed by atoms with Gasteiger partial charge in [0.05, 0.1) is 0 Å². The van der Waals surface area contributed by atoms with E-state index in [0.717, 1.165) is 5.75 Å². The van der Waals surface area contributed by atoms with Gasteiger partial charge < -0.3 is 4.74 Å². The van der Waals surface area contributed by atoms with Gasteiger partial charge in [-0.15, -0.1) is 0 Å². The SMILES string of the molecule is C=CCOC(=O)N1CCSCC1C(C)=O. The molecule has 0 aromatic rings. The number of thioether (sulfide) groups is 1. The molecule has 84 valence electrons. The van der Waals surface area contributed by atoms with Gasteiger partial charge in [0.25, 0.3) is 0 Å². The Morgan fingerprint density at radius 1 is 1.67 bits per heavy atom. The first kappa shape index (κ1) is 12.1. The van der Waals surface area contributed by atoms with Crippen LogP contribution in [0.25, 0.3) is 0 Å². The summed E-state index contributed by atoms with van der Waals surface area (Å²) in [5.74, 6) is 1.53. The summed E-state index contributed by atoms with van der Waals surface area (Å²) in [4.78, 5) is 24.4. The molecule has 1 amide bonds. The van der Waals surface area contributed by atoms with Crippen LogP contribution < -0.4 is 0 Å². The molecule has 1 fully saturated rings. The maximum atomic E-state index is 11.6. The third-order valence-electron chi connectivity index (χ3n) is 2.16. The second-order valence-corrected chi connectivity index (χ2v) is 4.41. The highest BCUT2D eigenvalue weighted by Crippen LogP contribution is 2.17. The second-order valence-electron chi connectivity index (χ2n) is 3.26. The lowest BCUT2D eigenvalue weighted by Gasteiger charge is -2.32. The Morgan fingerprint density at radius 2 is 2.40 bits per heavy atom. The van der Waals surface area contributed by atoms with Crippen LogP contribution in [-0.4, -0.2) is 47.5 Å². The summed E-state index contributed by atoms with van der Waals surface area (Å²) >= 11 is 1.69. The Balaban J connectivity index is 2.58. The molecule has 4 nitrogen and oxygen atoms in total. The molecule has 0 spiro atoms. The second kappa shape index (κ2) is 5.80. The fourth-order valence-electron chi connectivity index (χ4n) is 1.37. The number of rotatable bonds is 3. The summed E-state index contributed by atoms with van der Waals surface area (Å²) in [6.07, 6.45) is 1.09. The maximum Gasteiger partial charge on any atom is 0.410 e. The number of carbonyl (C=O) groups excluding carboxylic acids is 2. The molecule has 0 N–H and O–H groups in total. The molecule has 0 saturated carbocycles. The molecule has 1 rings (SSSR count). The molecule has 0 aromatic carbocycles. The van der Waals surface area contributed by atoms with Gasteiger partial charge in [-0.2, -0.15) is 11.8 Å². The third kappa shape index (κ3) is 3.27. The van der Waals surface area contributed by atoms with Crippen LogP contribution in [-0.2, 0) is 9.53 Å². The largest absolute Gasteiger partial charge is 0.445 e. The summed E-state index contributed by atoms with van der Waals surface area (Å²) in [5.41, 5.74) is 0. The molecule has 1 aliphatic rings. The highest BCUT2D eigenvalue weighted by molar-refractivity contribution is 7.99. The van der Waals surface area contributed by atoms with Gasteiger partial charge in [0.15, 0.2) is 5.78 Å². The number of carbonyl (C=O) groups is 2. The standard InChI is InChI=1S/C10H15NO3S/c1-3-5-14-10(13)11-4-6-15-7-9(11)8(2)12/h3,9H,1,4-7H2,2H3. The molecule has 1 unspecified atom stereocenters. The van der Waals surface area contributed by atoms with Crippen molar-refractivity contribution in [1.29, 1.82) is 0 Å². The summed E-state index contributed by atoms with van der Waals surface area (Å²) in [7, 11) is 0. The summed E-state index contributed by atoms with van der Waals surface area (Å²) in [5, 5.41) is 0. The minimum absolute atomic E-state index is 0.0118. The van der Waals surface area contributed by atoms with Crippen LogP contribution in [0.4, 0.5) is 4.79 Å². The molecule has 1 heterocycles. The molecule has 0 bridgehead atoms. The maximum absolute atomic E-state index is 11.6. The minimum atomic E-state index is -0.421. The van der Waals surface area contributed by atoms with Gasteiger partial charge in [0.2, 0.25) is 0 Å². The highest BCUT2D eigenvalue weighted by atomic mass is 32.2. The van der Waals surface area contributed by atoms with Crippen molar-refractivity contribution in [2.45, 2.75) is 13.0 Å². The van der Waals surface area contributed by atoms with E-state index in [1.54, 1.807) is 11.8 Å². The van der Waals surface area contributed by atoms with Gasteiger partial charge in [0.1, 0.15) is 12.6 Å². The Bertz CT molecular complexity index is 267. The molecule has 0 aromatic heterocycles. The average molecular weight is 229 g/mol. The van der Waals surface area contributed by atoms with E-state index in [4.69, 9.17) is 4.74 Å². The predicted molar refractivity (Wildman–Crippen MR) is 60.0 cm³/mol. The van der Waals surface area contributed by atoms with Crippen LogP contribution in [0.3, 0.4) is 0 Å². The van der Waals surface area contributed by atoms with Crippen molar-refractivity contribution in [3.8, 4) is 0 Å². The lowest BCUT2D eigenvalue weighted by molar-refractivity contribution is -0.121. The molecule has 1 aliphatic heterocycles. The van der Waals surface area contributed by atoms with E-state index in [2.05, 4.69) is 6.58 Å². The van der Waals surface area contributed by atoms with Crippen molar-refractivity contribution in [2.24, 2.45) is 0 Å². The molecular formula is C10H15NO3S. The van der Waals surface area contributed by atoms with Gasteiger partial charge in [-0.25, -0.2) is 4.79 Å². The molecular weight excluding hydrogens is 214 g/mol. The summed E-state index contributed by atoms with van der Waals surface area (Å²) in [6, 6.07) is -0.332.